The Bertz CT molecular complexity index is 173. The lowest BCUT2D eigenvalue weighted by Gasteiger charge is -2.41. The van der Waals surface area contributed by atoms with Crippen LogP contribution in [0.3, 0.4) is 0 Å². The highest BCUT2D eigenvalue weighted by atomic mass is 16.5. The monoisotopic (exact) mass is 214 g/mol. The van der Waals surface area contributed by atoms with Gasteiger partial charge in [-0.2, -0.15) is 0 Å². The molecule has 1 saturated heterocycles. The van der Waals surface area contributed by atoms with Crippen molar-refractivity contribution in [3.05, 3.63) is 0 Å². The highest BCUT2D eigenvalue weighted by molar-refractivity contribution is 4.85. The van der Waals surface area contributed by atoms with E-state index in [1.54, 1.807) is 7.11 Å². The van der Waals surface area contributed by atoms with Crippen molar-refractivity contribution >= 4 is 0 Å². The Labute approximate surface area is 94.0 Å². The number of rotatable bonds is 5. The van der Waals surface area contributed by atoms with Gasteiger partial charge >= 0.3 is 0 Å². The summed E-state index contributed by atoms with van der Waals surface area (Å²) in [5.74, 6) is 0. The van der Waals surface area contributed by atoms with Gasteiger partial charge in [-0.1, -0.05) is 6.42 Å². The molecule has 90 valence electrons. The van der Waals surface area contributed by atoms with E-state index in [-0.39, 0.29) is 6.04 Å². The lowest BCUT2D eigenvalue weighted by atomic mass is 9.94. The molecule has 0 saturated carbocycles. The summed E-state index contributed by atoms with van der Waals surface area (Å²) in [6, 6.07) is 1.46. The normalized spacial score (nSPS) is 27.6. The zero-order valence-electron chi connectivity index (χ0n) is 10.4. The fraction of sp³-hybridized carbons (Fsp3) is 1.00. The van der Waals surface area contributed by atoms with Crippen LogP contribution in [-0.2, 0) is 4.74 Å². The van der Waals surface area contributed by atoms with Gasteiger partial charge < -0.3 is 10.5 Å². The third kappa shape index (κ3) is 3.74. The molecule has 15 heavy (non-hydrogen) atoms. The van der Waals surface area contributed by atoms with Crippen molar-refractivity contribution in [2.24, 2.45) is 5.73 Å². The maximum Gasteiger partial charge on any atom is 0.0477 e. The lowest BCUT2D eigenvalue weighted by Crippen LogP contribution is -2.52. The van der Waals surface area contributed by atoms with E-state index in [2.05, 4.69) is 18.7 Å². The molecule has 1 aliphatic rings. The first-order chi connectivity index (χ1) is 7.16. The Morgan fingerprint density at radius 1 is 1.40 bits per heavy atom. The lowest BCUT2D eigenvalue weighted by molar-refractivity contribution is 0.0679. The smallest absolute Gasteiger partial charge is 0.0477 e. The van der Waals surface area contributed by atoms with Crippen molar-refractivity contribution < 1.29 is 4.74 Å². The van der Waals surface area contributed by atoms with Crippen molar-refractivity contribution in [3.63, 3.8) is 0 Å². The first-order valence-corrected chi connectivity index (χ1v) is 6.17. The fourth-order valence-corrected chi connectivity index (χ4v) is 2.55. The molecule has 0 aromatic carbocycles. The summed E-state index contributed by atoms with van der Waals surface area (Å²) in [6.45, 7) is 6.48. The van der Waals surface area contributed by atoms with Gasteiger partial charge in [0.25, 0.3) is 0 Å². The summed E-state index contributed by atoms with van der Waals surface area (Å²) >= 11 is 0. The molecule has 0 bridgehead atoms. The SMILES string of the molecule is COCCC(C)N1CCCCC1C(C)N. The Kier molecular flexibility index (Phi) is 5.58. The number of methoxy groups -OCH3 is 1. The molecule has 3 nitrogen and oxygen atoms in total. The highest BCUT2D eigenvalue weighted by Gasteiger charge is 2.28. The molecule has 0 amide bonds. The van der Waals surface area contributed by atoms with Crippen LogP contribution in [0.25, 0.3) is 0 Å². The summed E-state index contributed by atoms with van der Waals surface area (Å²) in [7, 11) is 1.77. The summed E-state index contributed by atoms with van der Waals surface area (Å²) in [6.07, 6.45) is 5.02. The maximum atomic E-state index is 6.05. The summed E-state index contributed by atoms with van der Waals surface area (Å²) in [5.41, 5.74) is 6.05. The summed E-state index contributed by atoms with van der Waals surface area (Å²) < 4.78 is 5.14. The average Bonchev–Trinajstić information content (AvgIpc) is 2.25. The Hall–Kier alpha value is -0.120. The molecular weight excluding hydrogens is 188 g/mol. The van der Waals surface area contributed by atoms with Gasteiger partial charge in [0.2, 0.25) is 0 Å². The molecular formula is C12H26N2O. The predicted octanol–water partition coefficient (Wildman–Crippen LogP) is 1.61. The first-order valence-electron chi connectivity index (χ1n) is 6.17. The van der Waals surface area contributed by atoms with Gasteiger partial charge in [0.15, 0.2) is 0 Å². The van der Waals surface area contributed by atoms with Gasteiger partial charge in [-0.25, -0.2) is 0 Å². The van der Waals surface area contributed by atoms with Crippen LogP contribution >= 0.6 is 0 Å². The minimum Gasteiger partial charge on any atom is -0.385 e. The van der Waals surface area contributed by atoms with Crippen LogP contribution in [0.5, 0.6) is 0 Å². The van der Waals surface area contributed by atoms with Crippen LogP contribution in [-0.4, -0.2) is 43.3 Å². The molecule has 1 fully saturated rings. The largest absolute Gasteiger partial charge is 0.385 e. The van der Waals surface area contributed by atoms with Crippen LogP contribution in [0.4, 0.5) is 0 Å². The van der Waals surface area contributed by atoms with Gasteiger partial charge in [-0.15, -0.1) is 0 Å². The zero-order chi connectivity index (χ0) is 11.3. The Morgan fingerprint density at radius 3 is 2.73 bits per heavy atom. The molecule has 1 aliphatic heterocycles. The van der Waals surface area contributed by atoms with E-state index in [1.807, 2.05) is 0 Å². The number of nitrogens with two attached hydrogens (primary N) is 1. The van der Waals surface area contributed by atoms with Crippen LogP contribution in [0.15, 0.2) is 0 Å². The van der Waals surface area contributed by atoms with Crippen LogP contribution < -0.4 is 5.73 Å². The third-order valence-corrected chi connectivity index (χ3v) is 3.51. The number of nitrogens with zero attached hydrogens (tertiary/aromatic N) is 1. The average molecular weight is 214 g/mol. The van der Waals surface area contributed by atoms with Gasteiger partial charge in [0.05, 0.1) is 0 Å². The molecule has 3 heteroatoms. The standard InChI is InChI=1S/C12H26N2O/c1-10(7-9-15-3)14-8-5-4-6-12(14)11(2)13/h10-12H,4-9,13H2,1-3H3. The molecule has 1 rings (SSSR count). The minimum atomic E-state index is 0.287. The van der Waals surface area contributed by atoms with Crippen LogP contribution in [0.1, 0.15) is 39.5 Å². The molecule has 2 N–H and O–H groups in total. The van der Waals surface area contributed by atoms with Crippen molar-refractivity contribution in [2.75, 3.05) is 20.3 Å². The Balaban J connectivity index is 2.47. The zero-order valence-corrected chi connectivity index (χ0v) is 10.4. The van der Waals surface area contributed by atoms with E-state index >= 15 is 0 Å². The van der Waals surface area contributed by atoms with Crippen molar-refractivity contribution in [3.8, 4) is 0 Å². The molecule has 0 aliphatic carbocycles. The number of ether oxygens (including phenoxy) is 1. The second-order valence-electron chi connectivity index (χ2n) is 4.79. The first kappa shape index (κ1) is 12.9. The van der Waals surface area contributed by atoms with Crippen molar-refractivity contribution in [2.45, 2.75) is 57.7 Å². The topological polar surface area (TPSA) is 38.5 Å². The molecule has 0 aromatic rings. The molecule has 0 aromatic heterocycles. The number of likely N-dealkylation sites (tertiary alicyclic amines) is 1. The predicted molar refractivity (Wildman–Crippen MR) is 63.9 cm³/mol. The van der Waals surface area contributed by atoms with E-state index < -0.39 is 0 Å². The quantitative estimate of drug-likeness (QED) is 0.755. The summed E-state index contributed by atoms with van der Waals surface area (Å²) in [4.78, 5) is 2.58. The van der Waals surface area contributed by atoms with Gasteiger partial charge in [0.1, 0.15) is 0 Å². The van der Waals surface area contributed by atoms with Gasteiger partial charge in [-0.05, 0) is 39.7 Å². The van der Waals surface area contributed by atoms with E-state index in [1.165, 1.54) is 25.8 Å². The molecule has 3 atom stereocenters. The minimum absolute atomic E-state index is 0.287. The molecule has 0 radical (unpaired) electrons. The molecule has 1 heterocycles. The van der Waals surface area contributed by atoms with E-state index in [0.717, 1.165) is 13.0 Å². The van der Waals surface area contributed by atoms with Crippen molar-refractivity contribution in [1.82, 2.24) is 4.90 Å². The van der Waals surface area contributed by atoms with Gasteiger partial charge in [-0.3, -0.25) is 4.90 Å². The second kappa shape index (κ2) is 6.46. The molecule has 3 unspecified atom stereocenters. The van der Waals surface area contributed by atoms with Crippen molar-refractivity contribution in [1.29, 1.82) is 0 Å². The number of hydrogen-bond acceptors (Lipinski definition) is 3. The van der Waals surface area contributed by atoms with Crippen LogP contribution in [0, 0.1) is 0 Å². The third-order valence-electron chi connectivity index (χ3n) is 3.51. The van der Waals surface area contributed by atoms with E-state index in [4.69, 9.17) is 10.5 Å². The maximum absolute atomic E-state index is 6.05. The van der Waals surface area contributed by atoms with E-state index in [9.17, 15) is 0 Å². The molecule has 0 spiro atoms. The second-order valence-corrected chi connectivity index (χ2v) is 4.79. The van der Waals surface area contributed by atoms with E-state index in [0.29, 0.717) is 12.1 Å². The van der Waals surface area contributed by atoms with Crippen LogP contribution in [0.2, 0.25) is 0 Å². The number of piperidine rings is 1. The number of hydrogen-bond donors (Lipinski definition) is 1. The Morgan fingerprint density at radius 2 is 2.13 bits per heavy atom. The summed E-state index contributed by atoms with van der Waals surface area (Å²) in [5, 5.41) is 0. The highest BCUT2D eigenvalue weighted by Crippen LogP contribution is 2.22. The van der Waals surface area contributed by atoms with Gasteiger partial charge in [0, 0.05) is 31.8 Å². The fourth-order valence-electron chi connectivity index (χ4n) is 2.55.